The number of aliphatic carboxylic acids is 1. The lowest BCUT2D eigenvalue weighted by molar-refractivity contribution is -0.468. The van der Waals surface area contributed by atoms with Gasteiger partial charge in [-0.25, -0.2) is 0 Å². The van der Waals surface area contributed by atoms with Crippen molar-refractivity contribution in [3.05, 3.63) is 0 Å². The zero-order valence-corrected chi connectivity index (χ0v) is 14.5. The summed E-state index contributed by atoms with van der Waals surface area (Å²) in [4.78, 5) is 10.0. The zero-order valence-electron chi connectivity index (χ0n) is 14.5. The van der Waals surface area contributed by atoms with Gasteiger partial charge in [-0.1, -0.05) is 0 Å². The van der Waals surface area contributed by atoms with Crippen molar-refractivity contribution in [2.45, 2.75) is 66.4 Å². The molecule has 0 spiro atoms. The Morgan fingerprint density at radius 2 is 0.697 bits per heavy atom. The molecule has 0 aliphatic heterocycles. The molecular weight excluding hydrogens is 537 g/mol. The van der Waals surface area contributed by atoms with Gasteiger partial charge in [-0.3, -0.25) is 4.79 Å². The van der Waals surface area contributed by atoms with Gasteiger partial charge in [0.1, 0.15) is 0 Å². The quantitative estimate of drug-likeness (QED) is 0.321. The van der Waals surface area contributed by atoms with Crippen LogP contribution in [0.4, 0.5) is 83.4 Å². The number of carboxylic acids is 1. The van der Waals surface area contributed by atoms with E-state index < -0.39 is 72.4 Å². The third kappa shape index (κ3) is 4.12. The van der Waals surface area contributed by atoms with E-state index in [4.69, 9.17) is 5.11 Å². The fourth-order valence-corrected chi connectivity index (χ4v) is 1.81. The summed E-state index contributed by atoms with van der Waals surface area (Å²) in [5.74, 6) is -69.7. The van der Waals surface area contributed by atoms with E-state index in [2.05, 4.69) is 0 Å². The summed E-state index contributed by atoms with van der Waals surface area (Å²) in [6.45, 7) is 0. The number of hydrogen-bond donors (Lipinski definition) is 1. The predicted molar refractivity (Wildman–Crippen MR) is 62.5 cm³/mol. The van der Waals surface area contributed by atoms with E-state index in [1.54, 1.807) is 0 Å². The van der Waals surface area contributed by atoms with Crippen LogP contribution in [0.3, 0.4) is 0 Å². The third-order valence-corrected chi connectivity index (χ3v) is 3.83. The van der Waals surface area contributed by atoms with Gasteiger partial charge in [-0.2, -0.15) is 83.4 Å². The Labute approximate surface area is 167 Å². The van der Waals surface area contributed by atoms with Crippen LogP contribution >= 0.6 is 0 Å². The van der Waals surface area contributed by atoms with Crippen LogP contribution in [0, 0.1) is 0 Å². The van der Waals surface area contributed by atoms with Gasteiger partial charge in [0.25, 0.3) is 0 Å². The van der Waals surface area contributed by atoms with Gasteiger partial charge in [-0.15, -0.1) is 0 Å². The average molecular weight is 542 g/mol. The van der Waals surface area contributed by atoms with Gasteiger partial charge in [0, 0.05) is 6.42 Å². The molecule has 2 nitrogen and oxygen atoms in total. The molecule has 0 fully saturated rings. The smallest absolute Gasteiger partial charge is 0.460 e. The van der Waals surface area contributed by atoms with Crippen LogP contribution in [-0.2, 0) is 4.79 Å². The van der Waals surface area contributed by atoms with Crippen molar-refractivity contribution in [1.82, 2.24) is 0 Å². The van der Waals surface area contributed by atoms with Crippen molar-refractivity contribution >= 4 is 5.97 Å². The zero-order chi connectivity index (χ0) is 27.5. The first-order chi connectivity index (χ1) is 13.9. The molecular formula is C12H5F19O2. The Hall–Kier alpha value is -1.86. The Bertz CT molecular complexity index is 734. The molecule has 0 atom stereocenters. The van der Waals surface area contributed by atoms with Crippen molar-refractivity contribution in [2.24, 2.45) is 0 Å². The Kier molecular flexibility index (Phi) is 7.40. The number of carboxylic acid groups (broad SMARTS) is 1. The monoisotopic (exact) mass is 542 g/mol. The summed E-state index contributed by atoms with van der Waals surface area (Å²) in [6, 6.07) is 0. The lowest BCUT2D eigenvalue weighted by Crippen LogP contribution is -2.75. The van der Waals surface area contributed by atoms with Gasteiger partial charge in [0.2, 0.25) is 0 Å². The first-order valence-corrected chi connectivity index (χ1v) is 7.23. The molecule has 0 saturated carbocycles. The van der Waals surface area contributed by atoms with Crippen LogP contribution in [-0.4, -0.2) is 64.6 Å². The minimum Gasteiger partial charge on any atom is -0.481 e. The van der Waals surface area contributed by atoms with E-state index in [0.29, 0.717) is 0 Å². The summed E-state index contributed by atoms with van der Waals surface area (Å²) in [7, 11) is 0. The van der Waals surface area contributed by atoms with Crippen LogP contribution in [0.25, 0.3) is 0 Å². The van der Waals surface area contributed by atoms with Gasteiger partial charge in [0.05, 0.1) is 6.42 Å². The minimum absolute atomic E-state index is 2.27. The second-order valence-electron chi connectivity index (χ2n) is 6.12. The number of hydrogen-bond acceptors (Lipinski definition) is 1. The van der Waals surface area contributed by atoms with Gasteiger partial charge in [0.15, 0.2) is 0 Å². The maximum absolute atomic E-state index is 13.3. The molecule has 21 heteroatoms. The molecule has 0 radical (unpaired) electrons. The van der Waals surface area contributed by atoms with Crippen LogP contribution < -0.4 is 0 Å². The number of rotatable bonds is 10. The van der Waals surface area contributed by atoms with E-state index in [-0.39, 0.29) is 0 Å². The second kappa shape index (κ2) is 7.84. The average Bonchev–Trinajstić information content (AvgIpc) is 2.57. The highest BCUT2D eigenvalue weighted by molar-refractivity contribution is 5.66. The Morgan fingerprint density at radius 1 is 0.455 bits per heavy atom. The van der Waals surface area contributed by atoms with Crippen LogP contribution in [0.1, 0.15) is 12.8 Å². The van der Waals surface area contributed by atoms with Crippen molar-refractivity contribution in [3.63, 3.8) is 0 Å². The summed E-state index contributed by atoms with van der Waals surface area (Å²) in [5.41, 5.74) is 0. The SMILES string of the molecule is O=C(O)CCC(F)(F)C(F)(F)C(F)(F)C(F)(F)C(F)(F)C(F)(F)C(F)(F)C(F)(F)C(F)(F)F. The molecule has 0 bridgehead atoms. The van der Waals surface area contributed by atoms with E-state index >= 15 is 0 Å². The van der Waals surface area contributed by atoms with Crippen molar-refractivity contribution in [3.8, 4) is 0 Å². The molecule has 198 valence electrons. The van der Waals surface area contributed by atoms with Crippen molar-refractivity contribution in [2.75, 3.05) is 0 Å². The fourth-order valence-electron chi connectivity index (χ4n) is 1.81. The molecule has 0 rings (SSSR count). The molecule has 33 heavy (non-hydrogen) atoms. The van der Waals surface area contributed by atoms with Gasteiger partial charge >= 0.3 is 59.5 Å². The topological polar surface area (TPSA) is 37.3 Å². The summed E-state index contributed by atoms with van der Waals surface area (Å²) < 4.78 is 246. The van der Waals surface area contributed by atoms with E-state index in [9.17, 15) is 88.2 Å². The molecule has 1 N–H and O–H groups in total. The van der Waals surface area contributed by atoms with Crippen LogP contribution in [0.15, 0.2) is 0 Å². The first-order valence-electron chi connectivity index (χ1n) is 7.23. The number of halogens is 19. The highest BCUT2D eigenvalue weighted by atomic mass is 19.4. The van der Waals surface area contributed by atoms with E-state index in [0.717, 1.165) is 0 Å². The molecule has 0 aromatic carbocycles. The molecule has 0 aliphatic rings. The maximum Gasteiger partial charge on any atom is 0.460 e. The van der Waals surface area contributed by atoms with Gasteiger partial charge < -0.3 is 5.11 Å². The minimum atomic E-state index is -8.98. The fraction of sp³-hybridized carbons (Fsp3) is 0.917. The highest BCUT2D eigenvalue weighted by Crippen LogP contribution is 2.65. The maximum atomic E-state index is 13.3. The van der Waals surface area contributed by atoms with Crippen LogP contribution in [0.2, 0.25) is 0 Å². The third-order valence-electron chi connectivity index (χ3n) is 3.83. The normalized spacial score (nSPS) is 16.2. The Balaban J connectivity index is 6.79. The largest absolute Gasteiger partial charge is 0.481 e. The van der Waals surface area contributed by atoms with Gasteiger partial charge in [-0.05, 0) is 0 Å². The molecule has 0 aromatic rings. The molecule has 0 aromatic heterocycles. The molecule has 0 saturated heterocycles. The molecule has 0 aliphatic carbocycles. The number of carbonyl (C=O) groups is 1. The summed E-state index contributed by atoms with van der Waals surface area (Å²) >= 11 is 0. The summed E-state index contributed by atoms with van der Waals surface area (Å²) in [5, 5.41) is 7.99. The van der Waals surface area contributed by atoms with E-state index in [1.165, 1.54) is 0 Å². The molecule has 0 heterocycles. The van der Waals surface area contributed by atoms with E-state index in [1.807, 2.05) is 0 Å². The highest BCUT2D eigenvalue weighted by Gasteiger charge is 2.96. The molecule has 0 unspecified atom stereocenters. The first kappa shape index (κ1) is 31.1. The lowest BCUT2D eigenvalue weighted by Gasteiger charge is -2.43. The predicted octanol–water partition coefficient (Wildman–Crippen LogP) is 6.50. The van der Waals surface area contributed by atoms with Crippen LogP contribution in [0.5, 0.6) is 0 Å². The Morgan fingerprint density at radius 3 is 0.939 bits per heavy atom. The van der Waals surface area contributed by atoms with Crippen molar-refractivity contribution < 1.29 is 93.3 Å². The van der Waals surface area contributed by atoms with Crippen molar-refractivity contribution in [1.29, 1.82) is 0 Å². The molecule has 0 amide bonds. The standard InChI is InChI=1S/C12H5F19O2/c13-4(14,2-1-3(32)33)5(15,16)6(17,18)7(19,20)8(21,22)9(23,24)10(25,26)11(27,28)12(29,30)31/h1-2H2,(H,32,33). The summed E-state index contributed by atoms with van der Waals surface area (Å²) in [6.07, 6.45) is -13.3. The lowest BCUT2D eigenvalue weighted by atomic mass is 9.86. The second-order valence-corrected chi connectivity index (χ2v) is 6.12. The number of alkyl halides is 19.